The maximum atomic E-state index is 14.9. The van der Waals surface area contributed by atoms with E-state index in [2.05, 4.69) is 63.1 Å². The van der Waals surface area contributed by atoms with Crippen LogP contribution in [0, 0.1) is 5.92 Å². The summed E-state index contributed by atoms with van der Waals surface area (Å²) in [4.78, 5) is 179. The number of hydrogen-bond acceptors (Lipinski definition) is 15. The molecule has 5 heterocycles. The van der Waals surface area contributed by atoms with E-state index in [1.54, 1.807) is 92.7 Å². The van der Waals surface area contributed by atoms with Crippen LogP contribution in [-0.4, -0.2) is 164 Å². The van der Waals surface area contributed by atoms with Crippen molar-refractivity contribution < 1.29 is 62.6 Å². The molecule has 28 heteroatoms. The summed E-state index contributed by atoms with van der Waals surface area (Å²) < 4.78 is 0. The highest BCUT2D eigenvalue weighted by Gasteiger charge is 2.41. The van der Waals surface area contributed by atoms with Crippen LogP contribution >= 0.6 is 11.6 Å². The van der Waals surface area contributed by atoms with Gasteiger partial charge in [0.2, 0.25) is 70.9 Å². The molecule has 0 radical (unpaired) electrons. The molecule has 13 N–H and O–H groups in total. The summed E-state index contributed by atoms with van der Waals surface area (Å²) in [7, 11) is 0. The zero-order chi connectivity index (χ0) is 71.3. The van der Waals surface area contributed by atoms with Gasteiger partial charge in [-0.2, -0.15) is 0 Å². The molecule has 1 fully saturated rings. The Morgan fingerprint density at radius 1 is 0.636 bits per heavy atom. The van der Waals surface area contributed by atoms with Gasteiger partial charge in [-0.15, -0.1) is 0 Å². The van der Waals surface area contributed by atoms with Crippen molar-refractivity contribution in [3.63, 3.8) is 0 Å². The zero-order valence-electron chi connectivity index (χ0n) is 55.3. The molecular weight excluding hydrogens is 1290 g/mol. The smallest absolute Gasteiger partial charge is 0.246 e. The Kier molecular flexibility index (Phi) is 26.6. The number of nitrogens with one attached hydrogen (secondary N) is 10. The first-order chi connectivity index (χ1) is 47.4. The number of halogens is 1. The predicted octanol–water partition coefficient (Wildman–Crippen LogP) is 0.734. The van der Waals surface area contributed by atoms with Gasteiger partial charge in [0.15, 0.2) is 0 Å². The van der Waals surface area contributed by atoms with E-state index in [-0.39, 0.29) is 64.0 Å². The SMILES string of the molecule is CC(=O)N[C@H](Cc1ccc2ccccc2c1)C(=O)N[C@H](Cc1ccc(Cl)cc1)C(=O)N[C@H](Cc1cccnc1)C(=O)N[C@@H](CO)C(=O)N[C@H]1CC(=O)NCc2ccc(cc2)C[C@@H](C(=O)N2CCC[C@H]2C(=O)N[C@H](C)C(N)=O)NC(=O)[C@H](CC(C)C)NC(=O)[C@@H](Cc2ccccn2)NC1=O. The highest BCUT2D eigenvalue weighted by Crippen LogP contribution is 2.23. The van der Waals surface area contributed by atoms with Gasteiger partial charge < -0.3 is 68.9 Å². The molecule has 27 nitrogen and oxygen atoms in total. The second kappa shape index (κ2) is 35.5. The van der Waals surface area contributed by atoms with Gasteiger partial charge in [-0.25, -0.2) is 0 Å². The summed E-state index contributed by atoms with van der Waals surface area (Å²) in [6.45, 7) is 5.19. The highest BCUT2D eigenvalue weighted by atomic mass is 35.5. The Bertz CT molecular complexity index is 3890. The first-order valence-electron chi connectivity index (χ1n) is 32.7. The van der Waals surface area contributed by atoms with Gasteiger partial charge in [-0.1, -0.05) is 116 Å². The average molecular weight is 1380 g/mol. The number of carbonyl (C=O) groups is 12. The average Bonchev–Trinajstić information content (AvgIpc) is 1.79. The minimum absolute atomic E-state index is 0.0192. The molecule has 6 aromatic rings. The van der Waals surface area contributed by atoms with Crippen LogP contribution in [0.3, 0.4) is 0 Å². The second-order valence-electron chi connectivity index (χ2n) is 25.1. The monoisotopic (exact) mass is 1370 g/mol. The molecule has 0 spiro atoms. The van der Waals surface area contributed by atoms with Crippen molar-refractivity contribution >= 4 is 93.3 Å². The van der Waals surface area contributed by atoms with Crippen molar-refractivity contribution in [2.24, 2.45) is 11.7 Å². The third-order valence-corrected chi connectivity index (χ3v) is 17.1. The van der Waals surface area contributed by atoms with E-state index in [1.807, 2.05) is 42.5 Å². The van der Waals surface area contributed by atoms with Crippen molar-refractivity contribution in [3.05, 3.63) is 178 Å². The molecule has 0 aliphatic carbocycles. The lowest BCUT2D eigenvalue weighted by Gasteiger charge is -2.31. The van der Waals surface area contributed by atoms with E-state index in [0.29, 0.717) is 45.0 Å². The third kappa shape index (κ3) is 21.9. The quantitative estimate of drug-likeness (QED) is 0.0372. The number of fused-ring (bicyclic) bond motifs is 17. The Labute approximate surface area is 577 Å². The number of pyridine rings is 2. The van der Waals surface area contributed by atoms with Crippen LogP contribution in [0.15, 0.2) is 140 Å². The number of carbonyl (C=O) groups excluding carboxylic acids is 12. The van der Waals surface area contributed by atoms with Crippen molar-refractivity contribution in [2.45, 2.75) is 152 Å². The summed E-state index contributed by atoms with van der Waals surface area (Å²) >= 11 is 6.23. The first kappa shape index (κ1) is 74.1. The second-order valence-corrected chi connectivity index (χ2v) is 25.6. The lowest BCUT2D eigenvalue weighted by atomic mass is 9.99. The molecule has 3 aliphatic heterocycles. The number of amides is 12. The molecule has 1 saturated heterocycles. The molecule has 2 aromatic heterocycles. The largest absolute Gasteiger partial charge is 0.394 e. The summed E-state index contributed by atoms with van der Waals surface area (Å²) in [6.07, 6.45) is 3.56. The normalized spacial score (nSPS) is 19.1. The standard InChI is InChI=1S/C71H83ClN14O13/c1-40(2)29-52-63(91)84-58(71(99)86-28-10-15-60(86)70(98)77-41(3)62(73)90)32-43-16-18-45(19-17-43)38-76-61(89)36-57(68(96)82-56(67(95)79-52)35-51-14-7-8-27-75-51)83-69(97)59(39-87)85-66(94)55(34-47-11-9-26-74-37-47)81-65(93)54(31-44-21-24-50(72)25-22-44)80-64(92)53(78-42(4)88)33-46-20-23-48-12-5-6-13-49(48)30-46/h5-9,11-14,16-27,30,37,40-41,52-60,87H,10,15,28-29,31-36,38-39H2,1-4H3,(H2,73,90)(H,76,89)(H,77,98)(H,78,88)(H,79,95)(H,80,92)(H,81,93)(H,82,96)(H,83,97)(H,84,91)(H,85,94)/t41-,52+,53-,54-,55-,56-,57+,58+,59+,60+/m1/s1. The van der Waals surface area contributed by atoms with Crippen LogP contribution in [0.2, 0.25) is 5.02 Å². The van der Waals surface area contributed by atoms with E-state index in [9.17, 15) is 62.6 Å². The highest BCUT2D eigenvalue weighted by molar-refractivity contribution is 6.30. The van der Waals surface area contributed by atoms with Crippen molar-refractivity contribution in [1.82, 2.24) is 68.0 Å². The van der Waals surface area contributed by atoms with Crippen molar-refractivity contribution in [3.8, 4) is 0 Å². The maximum absolute atomic E-state index is 14.9. The number of likely N-dealkylation sites (tertiary alicyclic amines) is 1. The molecule has 12 amide bonds. The van der Waals surface area contributed by atoms with Crippen LogP contribution in [-0.2, 0) is 96.2 Å². The molecule has 2 bridgehead atoms. The maximum Gasteiger partial charge on any atom is 0.246 e. The number of nitrogens with two attached hydrogens (primary N) is 1. The molecule has 99 heavy (non-hydrogen) atoms. The molecule has 3 aliphatic rings. The van der Waals surface area contributed by atoms with Gasteiger partial charge in [-0.3, -0.25) is 67.5 Å². The van der Waals surface area contributed by atoms with Crippen LogP contribution < -0.4 is 58.9 Å². The molecule has 4 aromatic carbocycles. The van der Waals surface area contributed by atoms with E-state index in [4.69, 9.17) is 17.3 Å². The van der Waals surface area contributed by atoms with Gasteiger partial charge >= 0.3 is 0 Å². The van der Waals surface area contributed by atoms with E-state index in [0.717, 1.165) is 10.8 Å². The minimum atomic E-state index is -1.88. The van der Waals surface area contributed by atoms with Gasteiger partial charge in [0.25, 0.3) is 0 Å². The summed E-state index contributed by atoms with van der Waals surface area (Å²) in [5.74, 6) is -10.2. The number of benzene rings is 4. The van der Waals surface area contributed by atoms with E-state index < -0.39 is 144 Å². The van der Waals surface area contributed by atoms with Crippen LogP contribution in [0.4, 0.5) is 0 Å². The van der Waals surface area contributed by atoms with Crippen molar-refractivity contribution in [1.29, 1.82) is 0 Å². The lowest BCUT2D eigenvalue weighted by Crippen LogP contribution is -2.62. The van der Waals surface area contributed by atoms with Gasteiger partial charge in [-0.05, 0) is 101 Å². The van der Waals surface area contributed by atoms with Crippen LogP contribution in [0.1, 0.15) is 86.9 Å². The third-order valence-electron chi connectivity index (χ3n) is 16.9. The Morgan fingerprint density at radius 3 is 1.89 bits per heavy atom. The number of primary amides is 1. The molecule has 0 saturated carbocycles. The summed E-state index contributed by atoms with van der Waals surface area (Å²) in [5, 5.41) is 39.7. The molecular formula is C71H83ClN14O13. The minimum Gasteiger partial charge on any atom is -0.394 e. The Hall–Kier alpha value is -10.7. The summed E-state index contributed by atoms with van der Waals surface area (Å²) in [5.41, 5.74) is 8.51. The fraction of sp³-hybridized carbons (Fsp3) is 0.380. The van der Waals surface area contributed by atoms with Gasteiger partial charge in [0.1, 0.15) is 60.4 Å². The van der Waals surface area contributed by atoms with Gasteiger partial charge in [0.05, 0.1) is 13.0 Å². The number of aromatic nitrogens is 2. The summed E-state index contributed by atoms with van der Waals surface area (Å²) in [6, 6.07) is 20.3. The number of hydrogen-bond donors (Lipinski definition) is 12. The van der Waals surface area contributed by atoms with Gasteiger partial charge in [0, 0.05) is 81.4 Å². The van der Waals surface area contributed by atoms with E-state index in [1.165, 1.54) is 37.3 Å². The number of aliphatic hydroxyl groups is 1. The molecule has 522 valence electrons. The van der Waals surface area contributed by atoms with Crippen LogP contribution in [0.5, 0.6) is 0 Å². The van der Waals surface area contributed by atoms with Crippen LogP contribution in [0.25, 0.3) is 10.8 Å². The Morgan fingerprint density at radius 2 is 1.25 bits per heavy atom. The number of rotatable bonds is 24. The number of nitrogens with zero attached hydrogens (tertiary/aromatic N) is 3. The Balaban J connectivity index is 1.05. The molecule has 9 rings (SSSR count). The molecule has 0 unspecified atom stereocenters. The predicted molar refractivity (Wildman–Crippen MR) is 364 cm³/mol. The van der Waals surface area contributed by atoms with E-state index >= 15 is 0 Å². The topological polar surface area (TPSA) is 400 Å². The van der Waals surface area contributed by atoms with Crippen molar-refractivity contribution in [2.75, 3.05) is 13.2 Å². The first-order valence-corrected chi connectivity index (χ1v) is 33.0. The fourth-order valence-electron chi connectivity index (χ4n) is 11.6. The fourth-order valence-corrected chi connectivity index (χ4v) is 11.7. The molecule has 10 atom stereocenters. The lowest BCUT2D eigenvalue weighted by molar-refractivity contribution is -0.142. The zero-order valence-corrected chi connectivity index (χ0v) is 56.0. The number of aliphatic hydroxyl groups excluding tert-OH is 1.